The number of aliphatic imine (C=N–C) groups is 1. The van der Waals surface area contributed by atoms with E-state index in [-0.39, 0.29) is 0 Å². The molecule has 19 heavy (non-hydrogen) atoms. The Hall–Kier alpha value is -0.780. The van der Waals surface area contributed by atoms with Crippen molar-refractivity contribution in [2.24, 2.45) is 10.7 Å². The Kier molecular flexibility index (Phi) is 4.38. The van der Waals surface area contributed by atoms with Crippen molar-refractivity contribution in [1.29, 1.82) is 0 Å². The van der Waals surface area contributed by atoms with Crippen molar-refractivity contribution in [1.82, 2.24) is 5.32 Å². The van der Waals surface area contributed by atoms with Crippen LogP contribution in [0.15, 0.2) is 4.99 Å². The molecular weight excluding hydrogens is 262 g/mol. The molecule has 0 heterocycles. The number of nitrogens with one attached hydrogen (secondary N) is 1. The van der Waals surface area contributed by atoms with Crippen molar-refractivity contribution in [2.75, 3.05) is 12.8 Å². The number of nitrogens with two attached hydrogens (primary N) is 1. The van der Waals surface area contributed by atoms with Crippen molar-refractivity contribution < 1.29 is 8.42 Å². The van der Waals surface area contributed by atoms with Gasteiger partial charge >= 0.3 is 0 Å². The van der Waals surface area contributed by atoms with Gasteiger partial charge in [0.25, 0.3) is 0 Å². The van der Waals surface area contributed by atoms with Crippen LogP contribution in [-0.4, -0.2) is 38.0 Å². The lowest BCUT2D eigenvalue weighted by molar-refractivity contribution is 0.529. The fraction of sp³-hybridized carbons (Fsp3) is 0.923. The molecule has 0 bridgehead atoms. The van der Waals surface area contributed by atoms with Gasteiger partial charge in [0, 0.05) is 12.3 Å². The number of sulfone groups is 1. The quantitative estimate of drug-likeness (QED) is 0.462. The summed E-state index contributed by atoms with van der Waals surface area (Å²) < 4.78 is 22.6. The second-order valence-corrected chi connectivity index (χ2v) is 8.40. The van der Waals surface area contributed by atoms with Gasteiger partial charge in [0.05, 0.1) is 11.3 Å². The van der Waals surface area contributed by atoms with Gasteiger partial charge < -0.3 is 11.1 Å². The van der Waals surface area contributed by atoms with E-state index < -0.39 is 14.6 Å². The van der Waals surface area contributed by atoms with Crippen LogP contribution in [0.3, 0.4) is 0 Å². The second kappa shape index (κ2) is 5.69. The highest BCUT2D eigenvalue weighted by atomic mass is 32.2. The van der Waals surface area contributed by atoms with E-state index in [1.807, 2.05) is 0 Å². The van der Waals surface area contributed by atoms with Gasteiger partial charge in [-0.2, -0.15) is 0 Å². The number of nitrogens with zero attached hydrogens (tertiary/aromatic N) is 1. The van der Waals surface area contributed by atoms with E-state index in [0.29, 0.717) is 31.4 Å². The summed E-state index contributed by atoms with van der Waals surface area (Å²) in [5, 5.41) is 3.24. The normalized spacial score (nSPS) is 24.8. The van der Waals surface area contributed by atoms with E-state index in [2.05, 4.69) is 10.3 Å². The Morgan fingerprint density at radius 1 is 1.26 bits per heavy atom. The van der Waals surface area contributed by atoms with E-state index in [1.165, 1.54) is 31.9 Å². The van der Waals surface area contributed by atoms with Crippen LogP contribution in [0.4, 0.5) is 0 Å². The van der Waals surface area contributed by atoms with Crippen LogP contribution in [0, 0.1) is 0 Å². The number of rotatable bonds is 4. The molecule has 0 aliphatic heterocycles. The van der Waals surface area contributed by atoms with E-state index in [0.717, 1.165) is 12.8 Å². The third kappa shape index (κ3) is 3.84. The number of hydrogen-bond donors (Lipinski definition) is 2. The Balaban J connectivity index is 1.86. The van der Waals surface area contributed by atoms with Crippen molar-refractivity contribution in [3.05, 3.63) is 0 Å². The molecule has 6 heteroatoms. The van der Waals surface area contributed by atoms with Gasteiger partial charge in [0.1, 0.15) is 0 Å². The van der Waals surface area contributed by atoms with E-state index in [4.69, 9.17) is 5.73 Å². The first-order chi connectivity index (χ1) is 8.93. The van der Waals surface area contributed by atoms with Gasteiger partial charge in [-0.3, -0.25) is 4.99 Å². The molecule has 3 N–H and O–H groups in total. The first-order valence-electron chi connectivity index (χ1n) is 7.19. The van der Waals surface area contributed by atoms with Gasteiger partial charge in [0.15, 0.2) is 15.8 Å². The van der Waals surface area contributed by atoms with Crippen molar-refractivity contribution >= 4 is 15.8 Å². The third-order valence-electron chi connectivity index (χ3n) is 4.34. The minimum absolute atomic E-state index is 0.303. The second-order valence-electron chi connectivity index (χ2n) is 5.99. The average molecular weight is 287 g/mol. The van der Waals surface area contributed by atoms with Crippen LogP contribution in [-0.2, 0) is 9.84 Å². The Labute approximate surface area is 116 Å². The van der Waals surface area contributed by atoms with Gasteiger partial charge in [-0.15, -0.1) is 0 Å². The van der Waals surface area contributed by atoms with Crippen LogP contribution < -0.4 is 11.1 Å². The molecule has 0 unspecified atom stereocenters. The number of hydrogen-bond acceptors (Lipinski definition) is 3. The molecule has 0 spiro atoms. The summed E-state index contributed by atoms with van der Waals surface area (Å²) in [4.78, 5) is 4.25. The molecule has 0 aromatic carbocycles. The minimum Gasteiger partial charge on any atom is -0.370 e. The summed E-state index contributed by atoms with van der Waals surface area (Å²) in [5.74, 6) is 0.404. The fourth-order valence-corrected chi connectivity index (χ4v) is 3.84. The average Bonchev–Trinajstić information content (AvgIpc) is 3.11. The third-order valence-corrected chi connectivity index (χ3v) is 6.45. The number of guanidine groups is 1. The summed E-state index contributed by atoms with van der Waals surface area (Å²) in [7, 11) is -3.02. The van der Waals surface area contributed by atoms with Crippen LogP contribution in [0.1, 0.15) is 51.4 Å². The van der Waals surface area contributed by atoms with Gasteiger partial charge in [0.2, 0.25) is 0 Å². The zero-order valence-electron chi connectivity index (χ0n) is 11.7. The molecular formula is C13H25N3O2S. The van der Waals surface area contributed by atoms with Gasteiger partial charge in [-0.1, -0.05) is 25.7 Å². The van der Waals surface area contributed by atoms with Crippen molar-refractivity contribution in [3.63, 3.8) is 0 Å². The Morgan fingerprint density at radius 3 is 2.32 bits per heavy atom. The molecule has 110 valence electrons. The predicted octanol–water partition coefficient (Wildman–Crippen LogP) is 1.19. The van der Waals surface area contributed by atoms with E-state index in [1.54, 1.807) is 0 Å². The Morgan fingerprint density at radius 2 is 1.84 bits per heavy atom. The molecule has 2 aliphatic rings. The van der Waals surface area contributed by atoms with Gasteiger partial charge in [-0.05, 0) is 25.7 Å². The zero-order valence-corrected chi connectivity index (χ0v) is 12.5. The molecule has 0 radical (unpaired) electrons. The molecule has 5 nitrogen and oxygen atoms in total. The smallest absolute Gasteiger partial charge is 0.188 e. The molecule has 2 rings (SSSR count). The predicted molar refractivity (Wildman–Crippen MR) is 77.9 cm³/mol. The summed E-state index contributed by atoms with van der Waals surface area (Å²) in [6.07, 6.45) is 10.1. The lowest BCUT2D eigenvalue weighted by atomic mass is 10.1. The first kappa shape index (κ1) is 14.6. The molecule has 2 aliphatic carbocycles. The fourth-order valence-electron chi connectivity index (χ4n) is 2.69. The summed E-state index contributed by atoms with van der Waals surface area (Å²) >= 11 is 0. The van der Waals surface area contributed by atoms with E-state index in [9.17, 15) is 8.42 Å². The molecule has 0 amide bonds. The standard InChI is InChI=1S/C13H25N3O2S/c1-19(17,18)13(8-9-13)10-15-12(14)16-11-6-4-2-3-5-7-11/h11H,2-10H2,1H3,(H3,14,15,16). The largest absolute Gasteiger partial charge is 0.370 e. The molecule has 2 fully saturated rings. The van der Waals surface area contributed by atoms with Crippen LogP contribution in [0.2, 0.25) is 0 Å². The topological polar surface area (TPSA) is 84.5 Å². The maximum absolute atomic E-state index is 11.6. The van der Waals surface area contributed by atoms with Crippen molar-refractivity contribution in [3.8, 4) is 0 Å². The van der Waals surface area contributed by atoms with Crippen LogP contribution >= 0.6 is 0 Å². The maximum Gasteiger partial charge on any atom is 0.188 e. The summed E-state index contributed by atoms with van der Waals surface area (Å²) in [6, 6.07) is 0.402. The van der Waals surface area contributed by atoms with Crippen LogP contribution in [0.25, 0.3) is 0 Å². The Bertz CT molecular complexity index is 433. The van der Waals surface area contributed by atoms with Crippen LogP contribution in [0.5, 0.6) is 0 Å². The SMILES string of the molecule is CS(=O)(=O)C1(CN=C(N)NC2CCCCCC2)CC1. The summed E-state index contributed by atoms with van der Waals surface area (Å²) in [5.41, 5.74) is 5.88. The highest BCUT2D eigenvalue weighted by Crippen LogP contribution is 2.43. The molecule has 2 saturated carbocycles. The zero-order chi connectivity index (χ0) is 13.9. The molecule has 0 aromatic heterocycles. The lowest BCUT2D eigenvalue weighted by Crippen LogP contribution is -2.40. The monoisotopic (exact) mass is 287 g/mol. The van der Waals surface area contributed by atoms with E-state index >= 15 is 0 Å². The van der Waals surface area contributed by atoms with Gasteiger partial charge in [-0.25, -0.2) is 8.42 Å². The first-order valence-corrected chi connectivity index (χ1v) is 9.08. The molecule has 0 aromatic rings. The molecule has 0 saturated heterocycles. The summed E-state index contributed by atoms with van der Waals surface area (Å²) in [6.45, 7) is 0.303. The highest BCUT2D eigenvalue weighted by molar-refractivity contribution is 7.92. The highest BCUT2D eigenvalue weighted by Gasteiger charge is 2.51. The maximum atomic E-state index is 11.6. The minimum atomic E-state index is -3.02. The molecule has 0 atom stereocenters. The van der Waals surface area contributed by atoms with Crippen molar-refractivity contribution in [2.45, 2.75) is 62.2 Å². The lowest BCUT2D eigenvalue weighted by Gasteiger charge is -2.17.